The van der Waals surface area contributed by atoms with Gasteiger partial charge in [-0.3, -0.25) is 14.3 Å². The zero-order valence-corrected chi connectivity index (χ0v) is 13.6. The van der Waals surface area contributed by atoms with Crippen LogP contribution in [0.3, 0.4) is 0 Å². The van der Waals surface area contributed by atoms with Crippen LogP contribution in [0.2, 0.25) is 0 Å². The van der Waals surface area contributed by atoms with E-state index < -0.39 is 5.91 Å². The molecule has 0 saturated heterocycles. The number of hydrogen-bond acceptors (Lipinski definition) is 3. The van der Waals surface area contributed by atoms with Crippen LogP contribution in [-0.2, 0) is 16.1 Å². The number of nitrogens with two attached hydrogens (primary N) is 1. The van der Waals surface area contributed by atoms with E-state index in [-0.39, 0.29) is 24.3 Å². The van der Waals surface area contributed by atoms with Crippen molar-refractivity contribution < 1.29 is 9.59 Å². The molecule has 6 nitrogen and oxygen atoms in total. The van der Waals surface area contributed by atoms with E-state index >= 15 is 0 Å². The third-order valence-electron chi connectivity index (χ3n) is 4.57. The van der Waals surface area contributed by atoms with Gasteiger partial charge < -0.3 is 11.1 Å². The molecule has 0 bridgehead atoms. The standard InChI is InChI=1S/C19H18N4O2/c20-18(24)11-23-10-13(9-21-23)22-19(25)17-8-16(17)15-7-3-5-12-4-1-2-6-14(12)15/h1-7,9-10,16-17H,8,11H2,(H2,20,24)(H,22,25)/t16-,17+/m0/s1. The summed E-state index contributed by atoms with van der Waals surface area (Å²) in [6, 6.07) is 14.5. The number of hydrogen-bond donors (Lipinski definition) is 2. The number of benzene rings is 2. The Morgan fingerprint density at radius 1 is 1.20 bits per heavy atom. The van der Waals surface area contributed by atoms with Gasteiger partial charge in [-0.2, -0.15) is 5.10 Å². The van der Waals surface area contributed by atoms with Crippen LogP contribution in [0.5, 0.6) is 0 Å². The molecule has 0 unspecified atom stereocenters. The summed E-state index contributed by atoms with van der Waals surface area (Å²) in [5.74, 6) is -0.284. The minimum absolute atomic E-state index is 0.00205. The van der Waals surface area contributed by atoms with Crippen LogP contribution in [0.1, 0.15) is 17.9 Å². The number of carbonyl (C=O) groups is 2. The quantitative estimate of drug-likeness (QED) is 0.750. The molecule has 2 atom stereocenters. The van der Waals surface area contributed by atoms with Crippen molar-refractivity contribution in [3.63, 3.8) is 0 Å². The average molecular weight is 334 g/mol. The van der Waals surface area contributed by atoms with Crippen molar-refractivity contribution in [1.29, 1.82) is 0 Å². The number of nitrogens with zero attached hydrogens (tertiary/aromatic N) is 2. The van der Waals surface area contributed by atoms with Gasteiger partial charge in [0.15, 0.2) is 0 Å². The molecule has 25 heavy (non-hydrogen) atoms. The van der Waals surface area contributed by atoms with Crippen molar-refractivity contribution in [3.8, 4) is 0 Å². The number of anilines is 1. The van der Waals surface area contributed by atoms with E-state index in [1.165, 1.54) is 27.2 Å². The third kappa shape index (κ3) is 3.10. The molecule has 2 aromatic carbocycles. The van der Waals surface area contributed by atoms with Crippen LogP contribution in [0.15, 0.2) is 54.9 Å². The monoisotopic (exact) mass is 334 g/mol. The normalized spacial score (nSPS) is 18.9. The second-order valence-corrected chi connectivity index (χ2v) is 6.40. The summed E-state index contributed by atoms with van der Waals surface area (Å²) in [6.45, 7) is -0.00205. The van der Waals surface area contributed by atoms with E-state index in [1.807, 2.05) is 18.2 Å². The highest BCUT2D eigenvalue weighted by Crippen LogP contribution is 2.49. The van der Waals surface area contributed by atoms with E-state index in [9.17, 15) is 9.59 Å². The fourth-order valence-electron chi connectivity index (χ4n) is 3.31. The van der Waals surface area contributed by atoms with E-state index in [0.717, 1.165) is 6.42 Å². The maximum atomic E-state index is 12.5. The first-order chi connectivity index (χ1) is 12.1. The molecule has 3 N–H and O–H groups in total. The summed E-state index contributed by atoms with van der Waals surface area (Å²) in [5, 5.41) is 9.28. The average Bonchev–Trinajstić information content (AvgIpc) is 3.29. The predicted octanol–water partition coefficient (Wildman–Crippen LogP) is 2.26. The number of carbonyl (C=O) groups excluding carboxylic acids is 2. The fraction of sp³-hybridized carbons (Fsp3) is 0.211. The molecule has 4 rings (SSSR count). The molecule has 1 heterocycles. The summed E-state index contributed by atoms with van der Waals surface area (Å²) in [5.41, 5.74) is 6.94. The van der Waals surface area contributed by atoms with E-state index in [2.05, 4.69) is 34.7 Å². The third-order valence-corrected chi connectivity index (χ3v) is 4.57. The van der Waals surface area contributed by atoms with Gasteiger partial charge in [-0.1, -0.05) is 42.5 Å². The second-order valence-electron chi connectivity index (χ2n) is 6.40. The highest BCUT2D eigenvalue weighted by Gasteiger charge is 2.44. The van der Waals surface area contributed by atoms with Gasteiger partial charge in [-0.15, -0.1) is 0 Å². The molecule has 1 aromatic heterocycles. The number of aromatic nitrogens is 2. The van der Waals surface area contributed by atoms with Gasteiger partial charge in [0, 0.05) is 12.1 Å². The Morgan fingerprint density at radius 2 is 2.00 bits per heavy atom. The summed E-state index contributed by atoms with van der Waals surface area (Å²) in [4.78, 5) is 23.4. The molecule has 3 aromatic rings. The highest BCUT2D eigenvalue weighted by molar-refractivity contribution is 5.96. The van der Waals surface area contributed by atoms with Gasteiger partial charge in [0.05, 0.1) is 11.9 Å². The SMILES string of the molecule is NC(=O)Cn1cc(NC(=O)[C@@H]2C[C@H]2c2cccc3ccccc23)cn1. The number of amides is 2. The first-order valence-corrected chi connectivity index (χ1v) is 8.21. The Labute approximate surface area is 144 Å². The Kier molecular flexibility index (Phi) is 3.72. The van der Waals surface area contributed by atoms with Crippen LogP contribution in [-0.4, -0.2) is 21.6 Å². The fourth-order valence-corrected chi connectivity index (χ4v) is 3.31. The predicted molar refractivity (Wildman–Crippen MR) is 94.8 cm³/mol. The first kappa shape index (κ1) is 15.4. The summed E-state index contributed by atoms with van der Waals surface area (Å²) >= 11 is 0. The minimum atomic E-state index is -0.473. The topological polar surface area (TPSA) is 90.0 Å². The molecule has 1 saturated carbocycles. The number of nitrogens with one attached hydrogen (secondary N) is 1. The van der Waals surface area contributed by atoms with Crippen molar-refractivity contribution in [3.05, 3.63) is 60.4 Å². The van der Waals surface area contributed by atoms with Crippen LogP contribution in [0, 0.1) is 5.92 Å². The lowest BCUT2D eigenvalue weighted by atomic mass is 10.00. The van der Waals surface area contributed by atoms with Gasteiger partial charge in [0.25, 0.3) is 0 Å². The Hall–Kier alpha value is -3.15. The van der Waals surface area contributed by atoms with E-state index in [1.54, 1.807) is 6.20 Å². The molecule has 0 spiro atoms. The molecule has 2 amide bonds. The molecule has 1 fully saturated rings. The smallest absolute Gasteiger partial charge is 0.239 e. The minimum Gasteiger partial charge on any atom is -0.368 e. The van der Waals surface area contributed by atoms with Crippen LogP contribution >= 0.6 is 0 Å². The Morgan fingerprint density at radius 3 is 2.84 bits per heavy atom. The number of rotatable bonds is 5. The molecule has 126 valence electrons. The molecule has 0 aliphatic heterocycles. The second kappa shape index (κ2) is 6.05. The van der Waals surface area contributed by atoms with Gasteiger partial charge in [0.2, 0.25) is 11.8 Å². The highest BCUT2D eigenvalue weighted by atomic mass is 16.2. The van der Waals surface area contributed by atoms with Crippen molar-refractivity contribution in [2.75, 3.05) is 5.32 Å². The van der Waals surface area contributed by atoms with Crippen LogP contribution < -0.4 is 11.1 Å². The van der Waals surface area contributed by atoms with Gasteiger partial charge in [-0.25, -0.2) is 0 Å². The zero-order chi connectivity index (χ0) is 17.4. The van der Waals surface area contributed by atoms with Crippen molar-refractivity contribution >= 4 is 28.3 Å². The van der Waals surface area contributed by atoms with Crippen LogP contribution in [0.4, 0.5) is 5.69 Å². The molecule has 1 aliphatic carbocycles. The van der Waals surface area contributed by atoms with Gasteiger partial charge in [-0.05, 0) is 28.7 Å². The van der Waals surface area contributed by atoms with Crippen molar-refractivity contribution in [1.82, 2.24) is 9.78 Å². The number of fused-ring (bicyclic) bond motifs is 1. The molecular weight excluding hydrogens is 316 g/mol. The van der Waals surface area contributed by atoms with Crippen molar-refractivity contribution in [2.24, 2.45) is 11.7 Å². The molecule has 0 radical (unpaired) electrons. The largest absolute Gasteiger partial charge is 0.368 e. The van der Waals surface area contributed by atoms with Crippen molar-refractivity contribution in [2.45, 2.75) is 18.9 Å². The van der Waals surface area contributed by atoms with Gasteiger partial charge in [0.1, 0.15) is 6.54 Å². The Bertz CT molecular complexity index is 957. The van der Waals surface area contributed by atoms with Crippen LogP contribution in [0.25, 0.3) is 10.8 Å². The molecule has 1 aliphatic rings. The summed E-state index contributed by atoms with van der Waals surface area (Å²) in [7, 11) is 0. The lowest BCUT2D eigenvalue weighted by molar-refractivity contribution is -0.119. The maximum Gasteiger partial charge on any atom is 0.239 e. The summed E-state index contributed by atoms with van der Waals surface area (Å²) in [6.07, 6.45) is 3.98. The lowest BCUT2D eigenvalue weighted by Crippen LogP contribution is -2.19. The van der Waals surface area contributed by atoms with E-state index in [4.69, 9.17) is 5.73 Å². The Balaban J connectivity index is 1.46. The maximum absolute atomic E-state index is 12.5. The molecular formula is C19H18N4O2. The first-order valence-electron chi connectivity index (χ1n) is 8.21. The van der Waals surface area contributed by atoms with Gasteiger partial charge >= 0.3 is 0 Å². The zero-order valence-electron chi connectivity index (χ0n) is 13.6. The summed E-state index contributed by atoms with van der Waals surface area (Å²) < 4.78 is 1.41. The van der Waals surface area contributed by atoms with E-state index in [0.29, 0.717) is 5.69 Å². The lowest BCUT2D eigenvalue weighted by Gasteiger charge is -2.06. The molecule has 6 heteroatoms. The number of primary amides is 1.